The number of carboxylic acids is 1. The van der Waals surface area contributed by atoms with E-state index in [-0.39, 0.29) is 5.92 Å². The summed E-state index contributed by atoms with van der Waals surface area (Å²) in [5.74, 6) is 0.0156. The molecule has 1 aliphatic heterocycles. The number of hydrogen-bond donors (Lipinski definition) is 1. The monoisotopic (exact) mass is 303 g/mol. The number of carbonyl (C=O) groups is 1. The first-order valence-corrected chi connectivity index (χ1v) is 7.77. The van der Waals surface area contributed by atoms with Crippen LogP contribution < -0.4 is 4.90 Å². The highest BCUT2D eigenvalue weighted by atomic mass is 32.1. The summed E-state index contributed by atoms with van der Waals surface area (Å²) in [4.78, 5) is 17.9. The molecular weight excluding hydrogens is 286 g/mol. The minimum atomic E-state index is -0.723. The van der Waals surface area contributed by atoms with E-state index in [9.17, 15) is 9.90 Å². The molecule has 0 spiro atoms. The van der Waals surface area contributed by atoms with Crippen LogP contribution in [0, 0.1) is 11.8 Å². The van der Waals surface area contributed by atoms with Crippen molar-refractivity contribution in [3.8, 4) is 11.4 Å². The number of piperidine rings is 1. The molecule has 21 heavy (non-hydrogen) atoms. The van der Waals surface area contributed by atoms with Crippen molar-refractivity contribution in [3.63, 3.8) is 0 Å². The number of nitrogens with zero attached hydrogens (tertiary/aromatic N) is 3. The molecule has 3 rings (SSSR count). The van der Waals surface area contributed by atoms with Gasteiger partial charge in [-0.2, -0.15) is 9.36 Å². The molecule has 0 saturated carbocycles. The molecule has 1 fully saturated rings. The molecule has 2 aromatic rings. The first-order valence-electron chi connectivity index (χ1n) is 7.00. The van der Waals surface area contributed by atoms with Gasteiger partial charge >= 0.3 is 5.97 Å². The third-order valence-corrected chi connectivity index (χ3v) is 4.50. The van der Waals surface area contributed by atoms with Crippen molar-refractivity contribution in [1.82, 2.24) is 9.36 Å². The van der Waals surface area contributed by atoms with Gasteiger partial charge in [-0.1, -0.05) is 37.3 Å². The molecule has 0 radical (unpaired) electrons. The molecule has 6 heteroatoms. The van der Waals surface area contributed by atoms with Crippen LogP contribution in [0.3, 0.4) is 0 Å². The fourth-order valence-corrected chi connectivity index (χ4v) is 3.44. The Hall–Kier alpha value is -1.95. The van der Waals surface area contributed by atoms with Crippen molar-refractivity contribution in [3.05, 3.63) is 30.3 Å². The second-order valence-corrected chi connectivity index (χ2v) is 6.28. The number of aromatic nitrogens is 2. The van der Waals surface area contributed by atoms with Crippen LogP contribution in [0.2, 0.25) is 0 Å². The summed E-state index contributed by atoms with van der Waals surface area (Å²) < 4.78 is 4.40. The van der Waals surface area contributed by atoms with Crippen molar-refractivity contribution >= 4 is 22.6 Å². The lowest BCUT2D eigenvalue weighted by molar-refractivity contribution is -0.142. The molecule has 1 aromatic heterocycles. The van der Waals surface area contributed by atoms with Crippen LogP contribution in [0.4, 0.5) is 5.13 Å². The van der Waals surface area contributed by atoms with E-state index in [0.29, 0.717) is 18.3 Å². The van der Waals surface area contributed by atoms with Gasteiger partial charge in [-0.3, -0.25) is 4.79 Å². The van der Waals surface area contributed by atoms with E-state index in [4.69, 9.17) is 0 Å². The molecule has 0 aliphatic carbocycles. The summed E-state index contributed by atoms with van der Waals surface area (Å²) in [6.07, 6.45) is 0.732. The van der Waals surface area contributed by atoms with Gasteiger partial charge in [0.1, 0.15) is 0 Å². The molecule has 2 heterocycles. The summed E-state index contributed by atoms with van der Waals surface area (Å²) in [7, 11) is 0. The highest BCUT2D eigenvalue weighted by Crippen LogP contribution is 2.29. The van der Waals surface area contributed by atoms with Crippen LogP contribution in [0.1, 0.15) is 13.3 Å². The van der Waals surface area contributed by atoms with Crippen LogP contribution in [-0.2, 0) is 4.79 Å². The Kier molecular flexibility index (Phi) is 3.88. The Morgan fingerprint density at radius 2 is 2.10 bits per heavy atom. The van der Waals surface area contributed by atoms with E-state index in [2.05, 4.69) is 21.2 Å². The van der Waals surface area contributed by atoms with E-state index < -0.39 is 5.97 Å². The van der Waals surface area contributed by atoms with Crippen LogP contribution in [-0.4, -0.2) is 33.5 Å². The Morgan fingerprint density at radius 3 is 2.81 bits per heavy atom. The van der Waals surface area contributed by atoms with E-state index >= 15 is 0 Å². The average molecular weight is 303 g/mol. The maximum atomic E-state index is 11.2. The molecule has 1 saturated heterocycles. The minimum absolute atomic E-state index is 0.321. The zero-order chi connectivity index (χ0) is 14.8. The van der Waals surface area contributed by atoms with E-state index in [0.717, 1.165) is 23.7 Å². The molecule has 1 N–H and O–H groups in total. The quantitative estimate of drug-likeness (QED) is 0.944. The largest absolute Gasteiger partial charge is 0.481 e. The molecule has 1 aliphatic rings. The molecular formula is C15H17N3O2S. The van der Waals surface area contributed by atoms with Crippen LogP contribution in [0.15, 0.2) is 30.3 Å². The maximum absolute atomic E-state index is 11.2. The zero-order valence-electron chi connectivity index (χ0n) is 11.8. The van der Waals surface area contributed by atoms with Crippen molar-refractivity contribution in [2.75, 3.05) is 18.0 Å². The van der Waals surface area contributed by atoms with Crippen molar-refractivity contribution in [2.45, 2.75) is 13.3 Å². The second-order valence-electron chi connectivity index (χ2n) is 5.55. The van der Waals surface area contributed by atoms with Gasteiger partial charge in [-0.15, -0.1) is 0 Å². The summed E-state index contributed by atoms with van der Waals surface area (Å²) in [6, 6.07) is 9.83. The fraction of sp³-hybridized carbons (Fsp3) is 0.400. The third kappa shape index (κ3) is 3.05. The Balaban J connectivity index is 1.81. The molecule has 0 bridgehead atoms. The summed E-state index contributed by atoms with van der Waals surface area (Å²) >= 11 is 1.34. The van der Waals surface area contributed by atoms with E-state index in [1.165, 1.54) is 11.5 Å². The normalized spacial score (nSPS) is 22.2. The van der Waals surface area contributed by atoms with Gasteiger partial charge in [-0.25, -0.2) is 0 Å². The van der Waals surface area contributed by atoms with Crippen LogP contribution >= 0.6 is 11.5 Å². The molecule has 5 nitrogen and oxygen atoms in total. The lowest BCUT2D eigenvalue weighted by Gasteiger charge is -2.34. The topological polar surface area (TPSA) is 66.3 Å². The SMILES string of the molecule is CC1CC(C(=O)O)CN(c2nc(-c3ccccc3)ns2)C1. The standard InChI is InChI=1S/C15H17N3O2S/c1-10-7-12(14(19)20)9-18(8-10)15-16-13(17-21-15)11-5-3-2-4-6-11/h2-6,10,12H,7-9H2,1H3,(H,19,20). The predicted octanol–water partition coefficient (Wildman–Crippen LogP) is 2.75. The lowest BCUT2D eigenvalue weighted by Crippen LogP contribution is -2.42. The van der Waals surface area contributed by atoms with Crippen molar-refractivity contribution in [2.24, 2.45) is 11.8 Å². The average Bonchev–Trinajstić information content (AvgIpc) is 2.97. The highest BCUT2D eigenvalue weighted by Gasteiger charge is 2.31. The lowest BCUT2D eigenvalue weighted by atomic mass is 9.91. The zero-order valence-corrected chi connectivity index (χ0v) is 12.6. The number of carboxylic acid groups (broad SMARTS) is 1. The predicted molar refractivity (Wildman–Crippen MR) is 82.5 cm³/mol. The number of hydrogen-bond acceptors (Lipinski definition) is 5. The first kappa shape index (κ1) is 14.0. The van der Waals surface area contributed by atoms with Crippen LogP contribution in [0.5, 0.6) is 0 Å². The number of aliphatic carboxylic acids is 1. The van der Waals surface area contributed by atoms with Gasteiger partial charge in [0.15, 0.2) is 5.82 Å². The highest BCUT2D eigenvalue weighted by molar-refractivity contribution is 7.09. The molecule has 0 amide bonds. The molecule has 1 aromatic carbocycles. The molecule has 110 valence electrons. The first-order chi connectivity index (χ1) is 10.1. The van der Waals surface area contributed by atoms with E-state index in [1.807, 2.05) is 30.3 Å². The summed E-state index contributed by atoms with van der Waals surface area (Å²) in [5, 5.41) is 10.1. The third-order valence-electron chi connectivity index (χ3n) is 3.73. The van der Waals surface area contributed by atoms with Gasteiger partial charge in [0.25, 0.3) is 0 Å². The van der Waals surface area contributed by atoms with Gasteiger partial charge in [0, 0.05) is 30.2 Å². The van der Waals surface area contributed by atoms with Gasteiger partial charge in [0.2, 0.25) is 5.13 Å². The smallest absolute Gasteiger partial charge is 0.308 e. The fourth-order valence-electron chi connectivity index (χ4n) is 2.74. The molecule has 2 unspecified atom stereocenters. The number of rotatable bonds is 3. The minimum Gasteiger partial charge on any atom is -0.481 e. The maximum Gasteiger partial charge on any atom is 0.308 e. The number of anilines is 1. The van der Waals surface area contributed by atoms with Crippen molar-refractivity contribution in [1.29, 1.82) is 0 Å². The summed E-state index contributed by atoms with van der Waals surface area (Å²) in [6.45, 7) is 3.44. The van der Waals surface area contributed by atoms with Crippen LogP contribution in [0.25, 0.3) is 11.4 Å². The Bertz CT molecular complexity index is 629. The summed E-state index contributed by atoms with van der Waals surface area (Å²) in [5.41, 5.74) is 0.986. The van der Waals surface area contributed by atoms with Gasteiger partial charge < -0.3 is 10.0 Å². The molecule has 2 atom stereocenters. The van der Waals surface area contributed by atoms with Gasteiger partial charge in [-0.05, 0) is 12.3 Å². The van der Waals surface area contributed by atoms with Gasteiger partial charge in [0.05, 0.1) is 5.92 Å². The Labute approximate surface area is 127 Å². The van der Waals surface area contributed by atoms with Crippen molar-refractivity contribution < 1.29 is 9.90 Å². The second kappa shape index (κ2) is 5.81. The van der Waals surface area contributed by atoms with E-state index in [1.54, 1.807) is 0 Å². The number of benzene rings is 1. The Morgan fingerprint density at radius 1 is 1.33 bits per heavy atom.